The van der Waals surface area contributed by atoms with Crippen LogP contribution in [0.2, 0.25) is 0 Å². The van der Waals surface area contributed by atoms with E-state index in [9.17, 15) is 9.18 Å². The Bertz CT molecular complexity index is 629. The molecular formula is C15H15FN2O2. The molecule has 0 radical (unpaired) electrons. The Labute approximate surface area is 116 Å². The second-order valence-corrected chi connectivity index (χ2v) is 4.21. The van der Waals surface area contributed by atoms with Crippen LogP contribution in [0, 0.1) is 5.82 Å². The van der Waals surface area contributed by atoms with Crippen molar-refractivity contribution in [1.29, 1.82) is 0 Å². The van der Waals surface area contributed by atoms with Gasteiger partial charge in [-0.3, -0.25) is 4.79 Å². The number of carbonyl (C=O) groups is 1. The van der Waals surface area contributed by atoms with Crippen LogP contribution in [0.3, 0.4) is 0 Å². The predicted octanol–water partition coefficient (Wildman–Crippen LogP) is 2.35. The Hall–Kier alpha value is -2.56. The molecule has 2 aromatic rings. The normalized spacial score (nSPS) is 10.1. The Morgan fingerprint density at radius 2 is 2.05 bits per heavy atom. The Balaban J connectivity index is 2.17. The van der Waals surface area contributed by atoms with Gasteiger partial charge < -0.3 is 15.8 Å². The summed E-state index contributed by atoms with van der Waals surface area (Å²) < 4.78 is 19.0. The summed E-state index contributed by atoms with van der Waals surface area (Å²) in [6.45, 7) is 0.0497. The number of hydrogen-bond donors (Lipinski definition) is 2. The third-order valence-corrected chi connectivity index (χ3v) is 2.84. The zero-order valence-electron chi connectivity index (χ0n) is 11.0. The lowest BCUT2D eigenvalue weighted by Crippen LogP contribution is -2.17. The van der Waals surface area contributed by atoms with Gasteiger partial charge in [-0.25, -0.2) is 4.39 Å². The van der Waals surface area contributed by atoms with E-state index in [2.05, 4.69) is 5.32 Å². The maximum absolute atomic E-state index is 13.5. The zero-order valence-corrected chi connectivity index (χ0v) is 11.0. The largest absolute Gasteiger partial charge is 0.487 e. The van der Waals surface area contributed by atoms with E-state index in [0.717, 1.165) is 0 Å². The van der Waals surface area contributed by atoms with Gasteiger partial charge in [0.25, 0.3) is 5.91 Å². The molecule has 0 aromatic heterocycles. The third-order valence-electron chi connectivity index (χ3n) is 2.84. The van der Waals surface area contributed by atoms with E-state index in [1.165, 1.54) is 12.1 Å². The monoisotopic (exact) mass is 274 g/mol. The highest BCUT2D eigenvalue weighted by molar-refractivity contribution is 5.95. The second kappa shape index (κ2) is 6.06. The fourth-order valence-corrected chi connectivity index (χ4v) is 1.72. The van der Waals surface area contributed by atoms with Crippen LogP contribution in [0.4, 0.5) is 10.1 Å². The van der Waals surface area contributed by atoms with Crippen LogP contribution in [-0.4, -0.2) is 13.0 Å². The van der Waals surface area contributed by atoms with E-state index in [-0.39, 0.29) is 18.3 Å². The number of nitrogen functional groups attached to an aromatic ring is 1. The molecule has 2 aromatic carbocycles. The lowest BCUT2D eigenvalue weighted by molar-refractivity contribution is 0.0962. The first kappa shape index (κ1) is 13.9. The fourth-order valence-electron chi connectivity index (χ4n) is 1.72. The second-order valence-electron chi connectivity index (χ2n) is 4.21. The molecule has 3 N–H and O–H groups in total. The molecule has 20 heavy (non-hydrogen) atoms. The van der Waals surface area contributed by atoms with Crippen LogP contribution in [0.5, 0.6) is 5.75 Å². The maximum Gasteiger partial charge on any atom is 0.251 e. The summed E-state index contributed by atoms with van der Waals surface area (Å²) in [7, 11) is 1.54. The van der Waals surface area contributed by atoms with Crippen molar-refractivity contribution >= 4 is 11.6 Å². The SMILES string of the molecule is CNC(=O)c1ccc(N)c(OCc2ccccc2F)c1. The summed E-state index contributed by atoms with van der Waals surface area (Å²) in [5, 5.41) is 2.52. The zero-order chi connectivity index (χ0) is 14.5. The number of ether oxygens (including phenoxy) is 1. The van der Waals surface area contributed by atoms with E-state index in [0.29, 0.717) is 22.6 Å². The van der Waals surface area contributed by atoms with Gasteiger partial charge in [-0.15, -0.1) is 0 Å². The molecule has 0 spiro atoms. The smallest absolute Gasteiger partial charge is 0.251 e. The number of benzene rings is 2. The van der Waals surface area contributed by atoms with Gasteiger partial charge >= 0.3 is 0 Å². The number of halogens is 1. The molecule has 0 unspecified atom stereocenters. The first-order chi connectivity index (χ1) is 9.61. The Morgan fingerprint density at radius 1 is 1.30 bits per heavy atom. The van der Waals surface area contributed by atoms with Crippen LogP contribution >= 0.6 is 0 Å². The molecule has 0 bridgehead atoms. The predicted molar refractivity (Wildman–Crippen MR) is 75.0 cm³/mol. The highest BCUT2D eigenvalue weighted by Gasteiger charge is 2.09. The molecule has 5 heteroatoms. The number of hydrogen-bond acceptors (Lipinski definition) is 3. The van der Waals surface area contributed by atoms with Crippen molar-refractivity contribution in [3.63, 3.8) is 0 Å². The number of nitrogens with one attached hydrogen (secondary N) is 1. The van der Waals surface area contributed by atoms with E-state index >= 15 is 0 Å². The van der Waals surface area contributed by atoms with Gasteiger partial charge in [0.2, 0.25) is 0 Å². The van der Waals surface area contributed by atoms with Crippen molar-refractivity contribution in [2.75, 3.05) is 12.8 Å². The molecule has 0 aliphatic heterocycles. The minimum absolute atomic E-state index is 0.0497. The Morgan fingerprint density at radius 3 is 2.75 bits per heavy atom. The van der Waals surface area contributed by atoms with E-state index in [1.54, 1.807) is 37.4 Å². The fraction of sp³-hybridized carbons (Fsp3) is 0.133. The Kier molecular flexibility index (Phi) is 4.20. The topological polar surface area (TPSA) is 64.4 Å². The van der Waals surface area contributed by atoms with Crippen molar-refractivity contribution in [1.82, 2.24) is 5.32 Å². The first-order valence-corrected chi connectivity index (χ1v) is 6.09. The minimum Gasteiger partial charge on any atom is -0.487 e. The van der Waals surface area contributed by atoms with Crippen molar-refractivity contribution < 1.29 is 13.9 Å². The third kappa shape index (κ3) is 3.06. The minimum atomic E-state index is -0.339. The molecule has 4 nitrogen and oxygen atoms in total. The molecule has 0 aliphatic rings. The molecule has 0 aliphatic carbocycles. The first-order valence-electron chi connectivity index (χ1n) is 6.09. The molecule has 1 amide bonds. The van der Waals surface area contributed by atoms with Gasteiger partial charge in [-0.05, 0) is 24.3 Å². The highest BCUT2D eigenvalue weighted by atomic mass is 19.1. The molecule has 0 fully saturated rings. The molecular weight excluding hydrogens is 259 g/mol. The summed E-state index contributed by atoms with van der Waals surface area (Å²) in [6, 6.07) is 11.1. The van der Waals surface area contributed by atoms with E-state index in [4.69, 9.17) is 10.5 Å². The molecule has 0 atom stereocenters. The lowest BCUT2D eigenvalue weighted by atomic mass is 10.1. The molecule has 0 heterocycles. The van der Waals surface area contributed by atoms with Crippen molar-refractivity contribution in [3.05, 3.63) is 59.4 Å². The van der Waals surface area contributed by atoms with Gasteiger partial charge in [0.05, 0.1) is 5.69 Å². The van der Waals surface area contributed by atoms with Crippen molar-refractivity contribution in [3.8, 4) is 5.75 Å². The number of carbonyl (C=O) groups excluding carboxylic acids is 1. The van der Waals surface area contributed by atoms with E-state index < -0.39 is 0 Å². The molecule has 0 saturated heterocycles. The van der Waals surface area contributed by atoms with Crippen LogP contribution in [-0.2, 0) is 6.61 Å². The lowest BCUT2D eigenvalue weighted by Gasteiger charge is -2.11. The van der Waals surface area contributed by atoms with Gasteiger partial charge in [0, 0.05) is 18.2 Å². The summed E-state index contributed by atoms with van der Waals surface area (Å²) in [4.78, 5) is 11.5. The quantitative estimate of drug-likeness (QED) is 0.841. The summed E-state index contributed by atoms with van der Waals surface area (Å²) in [5.41, 5.74) is 7.04. The highest BCUT2D eigenvalue weighted by Crippen LogP contribution is 2.24. The average Bonchev–Trinajstić information content (AvgIpc) is 2.47. The average molecular weight is 274 g/mol. The van der Waals surface area contributed by atoms with Crippen LogP contribution in [0.25, 0.3) is 0 Å². The number of rotatable bonds is 4. The van der Waals surface area contributed by atoms with Gasteiger partial charge in [-0.1, -0.05) is 18.2 Å². The van der Waals surface area contributed by atoms with Crippen LogP contribution in [0.1, 0.15) is 15.9 Å². The van der Waals surface area contributed by atoms with E-state index in [1.807, 2.05) is 0 Å². The summed E-state index contributed by atoms with van der Waals surface area (Å²) in [5.74, 6) is -0.219. The number of anilines is 1. The van der Waals surface area contributed by atoms with Gasteiger partial charge in [0.15, 0.2) is 0 Å². The number of nitrogens with two attached hydrogens (primary N) is 1. The standard InChI is InChI=1S/C15H15FN2O2/c1-18-15(19)10-6-7-13(17)14(8-10)20-9-11-4-2-3-5-12(11)16/h2-8H,9,17H2,1H3,(H,18,19). The van der Waals surface area contributed by atoms with Crippen LogP contribution < -0.4 is 15.8 Å². The molecule has 0 saturated carbocycles. The summed E-state index contributed by atoms with van der Waals surface area (Å²) >= 11 is 0. The summed E-state index contributed by atoms with van der Waals surface area (Å²) in [6.07, 6.45) is 0. The van der Waals surface area contributed by atoms with Crippen molar-refractivity contribution in [2.45, 2.75) is 6.61 Å². The van der Waals surface area contributed by atoms with Gasteiger partial charge in [-0.2, -0.15) is 0 Å². The number of amides is 1. The maximum atomic E-state index is 13.5. The molecule has 104 valence electrons. The molecule has 2 rings (SSSR count). The van der Waals surface area contributed by atoms with Crippen molar-refractivity contribution in [2.24, 2.45) is 0 Å². The van der Waals surface area contributed by atoms with Crippen LogP contribution in [0.15, 0.2) is 42.5 Å². The van der Waals surface area contributed by atoms with Gasteiger partial charge in [0.1, 0.15) is 18.2 Å².